The van der Waals surface area contributed by atoms with Crippen LogP contribution >= 0.6 is 0 Å². The van der Waals surface area contributed by atoms with Crippen LogP contribution in [0.5, 0.6) is 0 Å². The predicted octanol–water partition coefficient (Wildman–Crippen LogP) is 4.54. The molecule has 2 aromatic rings. The topological polar surface area (TPSA) is 66.4 Å². The highest BCUT2D eigenvalue weighted by Gasteiger charge is 2.23. The lowest BCUT2D eigenvalue weighted by molar-refractivity contribution is -0.140. The molecular weight excluding hydrogens is 321 g/mol. The van der Waals surface area contributed by atoms with Crippen LogP contribution in [0.25, 0.3) is 0 Å². The highest BCUT2D eigenvalue weighted by molar-refractivity contribution is 5.94. The fraction of sp³-hybridized carbons (Fsp3) is 0.300. The third-order valence-corrected chi connectivity index (χ3v) is 4.34. The molecule has 132 valence electrons. The summed E-state index contributed by atoms with van der Waals surface area (Å²) >= 11 is 0. The molecule has 1 amide bonds. The Hall–Kier alpha value is -2.69. The van der Waals surface area contributed by atoms with Crippen molar-refractivity contribution in [2.45, 2.75) is 38.5 Å². The summed E-state index contributed by atoms with van der Waals surface area (Å²) in [5.74, 6) is -2.53. The molecular formula is C20H22FNO3. The van der Waals surface area contributed by atoms with E-state index in [1.54, 1.807) is 0 Å². The smallest absolute Gasteiger partial charge is 0.311 e. The lowest BCUT2D eigenvalue weighted by Crippen LogP contribution is -2.21. The van der Waals surface area contributed by atoms with Crippen LogP contribution in [0.3, 0.4) is 0 Å². The molecule has 2 aromatic carbocycles. The Kier molecular flexibility index (Phi) is 6.28. The Morgan fingerprint density at radius 3 is 2.12 bits per heavy atom. The Balaban J connectivity index is 2.04. The third-order valence-electron chi connectivity index (χ3n) is 4.34. The SMILES string of the molecule is CC[C@H](C)c1ccc(NC(=O)C[C@H](C(=O)O)c2ccc(F)cc2)cc1. The molecule has 2 atom stereocenters. The van der Waals surface area contributed by atoms with Gasteiger partial charge in [0.05, 0.1) is 5.92 Å². The maximum absolute atomic E-state index is 13.0. The van der Waals surface area contributed by atoms with Gasteiger partial charge in [-0.1, -0.05) is 38.1 Å². The van der Waals surface area contributed by atoms with Crippen molar-refractivity contribution in [3.63, 3.8) is 0 Å². The number of carbonyl (C=O) groups excluding carboxylic acids is 1. The van der Waals surface area contributed by atoms with Gasteiger partial charge >= 0.3 is 5.97 Å². The zero-order valence-corrected chi connectivity index (χ0v) is 14.3. The Morgan fingerprint density at radius 1 is 1.04 bits per heavy atom. The zero-order valence-electron chi connectivity index (χ0n) is 14.3. The Bertz CT molecular complexity index is 726. The average Bonchev–Trinajstić information content (AvgIpc) is 2.60. The summed E-state index contributed by atoms with van der Waals surface area (Å²) in [5, 5.41) is 12.1. The lowest BCUT2D eigenvalue weighted by atomic mass is 9.95. The van der Waals surface area contributed by atoms with Crippen LogP contribution in [0.2, 0.25) is 0 Å². The highest BCUT2D eigenvalue weighted by Crippen LogP contribution is 2.23. The monoisotopic (exact) mass is 343 g/mol. The quantitative estimate of drug-likeness (QED) is 0.776. The normalized spacial score (nSPS) is 13.1. The van der Waals surface area contributed by atoms with Crippen molar-refractivity contribution in [2.75, 3.05) is 5.32 Å². The minimum atomic E-state index is -1.12. The molecule has 0 heterocycles. The summed E-state index contributed by atoms with van der Waals surface area (Å²) in [4.78, 5) is 23.6. The van der Waals surface area contributed by atoms with Crippen LogP contribution < -0.4 is 5.32 Å². The van der Waals surface area contributed by atoms with Crippen LogP contribution in [-0.4, -0.2) is 17.0 Å². The van der Waals surface area contributed by atoms with Gasteiger partial charge in [0.1, 0.15) is 5.82 Å². The minimum absolute atomic E-state index is 0.214. The largest absolute Gasteiger partial charge is 0.481 e. The number of halogens is 1. The summed E-state index contributed by atoms with van der Waals surface area (Å²) < 4.78 is 13.0. The molecule has 0 saturated carbocycles. The van der Waals surface area contributed by atoms with E-state index < -0.39 is 23.6 Å². The number of hydrogen-bond donors (Lipinski definition) is 2. The number of nitrogens with one attached hydrogen (secondary N) is 1. The molecule has 5 heteroatoms. The second kappa shape index (κ2) is 8.42. The first-order chi connectivity index (χ1) is 11.9. The van der Waals surface area contributed by atoms with Crippen molar-refractivity contribution in [3.8, 4) is 0 Å². The van der Waals surface area contributed by atoms with E-state index >= 15 is 0 Å². The summed E-state index contributed by atoms with van der Waals surface area (Å²) in [5.41, 5.74) is 2.21. The van der Waals surface area contributed by atoms with Crippen LogP contribution in [0.15, 0.2) is 48.5 Å². The van der Waals surface area contributed by atoms with E-state index in [0.29, 0.717) is 17.2 Å². The summed E-state index contributed by atoms with van der Waals surface area (Å²) in [7, 11) is 0. The fourth-order valence-corrected chi connectivity index (χ4v) is 2.57. The van der Waals surface area contributed by atoms with Gasteiger partial charge < -0.3 is 10.4 Å². The standard InChI is InChI=1S/C20H22FNO3/c1-3-13(2)14-6-10-17(11-7-14)22-19(23)12-18(20(24)25)15-4-8-16(21)9-5-15/h4-11,13,18H,3,12H2,1-2H3,(H,22,23)(H,24,25)/t13-,18-/m0/s1. The van der Waals surface area contributed by atoms with Gasteiger partial charge in [0, 0.05) is 12.1 Å². The van der Waals surface area contributed by atoms with E-state index in [4.69, 9.17) is 0 Å². The Labute approximate surface area is 146 Å². The first-order valence-electron chi connectivity index (χ1n) is 8.28. The van der Waals surface area contributed by atoms with E-state index in [1.807, 2.05) is 24.3 Å². The summed E-state index contributed by atoms with van der Waals surface area (Å²) in [6.45, 7) is 4.25. The second-order valence-electron chi connectivity index (χ2n) is 6.13. The predicted molar refractivity (Wildman–Crippen MR) is 95.2 cm³/mol. The van der Waals surface area contributed by atoms with Crippen LogP contribution in [-0.2, 0) is 9.59 Å². The molecule has 25 heavy (non-hydrogen) atoms. The van der Waals surface area contributed by atoms with Crippen molar-refractivity contribution in [1.82, 2.24) is 0 Å². The van der Waals surface area contributed by atoms with Gasteiger partial charge in [-0.25, -0.2) is 4.39 Å². The fourth-order valence-electron chi connectivity index (χ4n) is 2.57. The molecule has 4 nitrogen and oxygen atoms in total. The van der Waals surface area contributed by atoms with Crippen molar-refractivity contribution in [2.24, 2.45) is 0 Å². The number of carbonyl (C=O) groups is 2. The molecule has 0 spiro atoms. The van der Waals surface area contributed by atoms with Gasteiger partial charge in [-0.3, -0.25) is 9.59 Å². The second-order valence-corrected chi connectivity index (χ2v) is 6.13. The first kappa shape index (κ1) is 18.6. The van der Waals surface area contributed by atoms with Crippen molar-refractivity contribution < 1.29 is 19.1 Å². The maximum Gasteiger partial charge on any atom is 0.311 e. The van der Waals surface area contributed by atoms with Gasteiger partial charge in [-0.2, -0.15) is 0 Å². The molecule has 0 aliphatic carbocycles. The van der Waals surface area contributed by atoms with E-state index in [9.17, 15) is 19.1 Å². The molecule has 0 fully saturated rings. The van der Waals surface area contributed by atoms with E-state index in [1.165, 1.54) is 29.8 Å². The zero-order chi connectivity index (χ0) is 18.4. The van der Waals surface area contributed by atoms with Crippen molar-refractivity contribution in [1.29, 1.82) is 0 Å². The lowest BCUT2D eigenvalue weighted by Gasteiger charge is -2.14. The van der Waals surface area contributed by atoms with Crippen molar-refractivity contribution in [3.05, 3.63) is 65.5 Å². The molecule has 0 aliphatic rings. The molecule has 0 saturated heterocycles. The van der Waals surface area contributed by atoms with Crippen molar-refractivity contribution >= 4 is 17.6 Å². The van der Waals surface area contributed by atoms with Gasteiger partial charge in [0.2, 0.25) is 5.91 Å². The van der Waals surface area contributed by atoms with Crippen LogP contribution in [0.4, 0.5) is 10.1 Å². The number of amides is 1. The number of carboxylic acids is 1. The highest BCUT2D eigenvalue weighted by atomic mass is 19.1. The van der Waals surface area contributed by atoms with Crippen LogP contribution in [0, 0.1) is 5.82 Å². The van der Waals surface area contributed by atoms with Gasteiger partial charge in [-0.05, 0) is 47.7 Å². The van der Waals surface area contributed by atoms with Crippen LogP contribution in [0.1, 0.15) is 49.7 Å². The minimum Gasteiger partial charge on any atom is -0.481 e. The molecule has 0 unspecified atom stereocenters. The maximum atomic E-state index is 13.0. The third kappa shape index (κ3) is 5.14. The summed E-state index contributed by atoms with van der Waals surface area (Å²) in [6, 6.07) is 12.7. The Morgan fingerprint density at radius 2 is 1.60 bits per heavy atom. The van der Waals surface area contributed by atoms with E-state index in [-0.39, 0.29) is 6.42 Å². The number of anilines is 1. The molecule has 0 radical (unpaired) electrons. The number of benzene rings is 2. The number of rotatable bonds is 7. The molecule has 2 rings (SSSR count). The molecule has 0 aromatic heterocycles. The van der Waals surface area contributed by atoms with Gasteiger partial charge in [-0.15, -0.1) is 0 Å². The van der Waals surface area contributed by atoms with Gasteiger partial charge in [0.25, 0.3) is 0 Å². The molecule has 0 aliphatic heterocycles. The average molecular weight is 343 g/mol. The molecule has 2 N–H and O–H groups in total. The molecule has 0 bridgehead atoms. The number of carboxylic acid groups (broad SMARTS) is 1. The number of hydrogen-bond acceptors (Lipinski definition) is 2. The van der Waals surface area contributed by atoms with E-state index in [2.05, 4.69) is 19.2 Å². The first-order valence-corrected chi connectivity index (χ1v) is 8.28. The van der Waals surface area contributed by atoms with E-state index in [0.717, 1.165) is 6.42 Å². The van der Waals surface area contributed by atoms with Gasteiger partial charge in [0.15, 0.2) is 0 Å². The summed E-state index contributed by atoms with van der Waals surface area (Å²) in [6.07, 6.45) is 0.817. The number of aliphatic carboxylic acids is 1.